The maximum absolute atomic E-state index is 11.7. The Morgan fingerprint density at radius 2 is 2.21 bits per heavy atom. The number of hydrogen-bond donors (Lipinski definition) is 1. The molecule has 0 spiro atoms. The minimum absolute atomic E-state index is 0.262. The van der Waals surface area contributed by atoms with Gasteiger partial charge in [0.25, 0.3) is 0 Å². The van der Waals surface area contributed by atoms with E-state index >= 15 is 0 Å². The van der Waals surface area contributed by atoms with E-state index in [1.54, 1.807) is 20.8 Å². The average molecular weight is 345 g/mol. The second-order valence-electron chi connectivity index (χ2n) is 3.70. The van der Waals surface area contributed by atoms with E-state index in [1.165, 1.54) is 0 Å². The van der Waals surface area contributed by atoms with Gasteiger partial charge < -0.3 is 10.1 Å². The molecule has 1 heterocycles. The summed E-state index contributed by atoms with van der Waals surface area (Å²) in [5, 5.41) is 12.1. The highest BCUT2D eigenvalue weighted by Gasteiger charge is 2.22. The van der Waals surface area contributed by atoms with Crippen LogP contribution in [-0.2, 0) is 9.53 Å². The van der Waals surface area contributed by atoms with Gasteiger partial charge in [0, 0.05) is 0 Å². The van der Waals surface area contributed by atoms with Crippen LogP contribution in [-0.4, -0.2) is 23.3 Å². The first-order valence-corrected chi connectivity index (χ1v) is 7.31. The number of carbonyl (C=O) groups excluding carboxylic acids is 2. The summed E-state index contributed by atoms with van der Waals surface area (Å²) >= 11 is 4.20. The number of esters is 1. The molecule has 0 saturated carbocycles. The first kappa shape index (κ1) is 15.7. The lowest BCUT2D eigenvalue weighted by Gasteiger charge is -2.04. The van der Waals surface area contributed by atoms with Crippen molar-refractivity contribution in [3.8, 4) is 6.07 Å². The SMILES string of the molecule is CCOC(=O)c1sc(NC(=O)C(C)Br)c(C#N)c1C. The Morgan fingerprint density at radius 1 is 1.58 bits per heavy atom. The van der Waals surface area contributed by atoms with Crippen LogP contribution in [0.2, 0.25) is 0 Å². The molecule has 0 aliphatic rings. The fourth-order valence-corrected chi connectivity index (χ4v) is 2.51. The van der Waals surface area contributed by atoms with Gasteiger partial charge in [-0.2, -0.15) is 5.26 Å². The normalized spacial score (nSPS) is 11.5. The summed E-state index contributed by atoms with van der Waals surface area (Å²) < 4.78 is 4.91. The number of nitrogens with zero attached hydrogens (tertiary/aromatic N) is 1. The van der Waals surface area contributed by atoms with Crippen molar-refractivity contribution in [2.24, 2.45) is 0 Å². The van der Waals surface area contributed by atoms with Crippen LogP contribution < -0.4 is 5.32 Å². The summed E-state index contributed by atoms with van der Waals surface area (Å²) in [7, 11) is 0. The number of alkyl halides is 1. The molecule has 19 heavy (non-hydrogen) atoms. The zero-order chi connectivity index (χ0) is 14.6. The highest BCUT2D eigenvalue weighted by Crippen LogP contribution is 2.33. The van der Waals surface area contributed by atoms with Crippen molar-refractivity contribution >= 4 is 44.1 Å². The molecule has 5 nitrogen and oxygen atoms in total. The van der Waals surface area contributed by atoms with Gasteiger partial charge >= 0.3 is 5.97 Å². The lowest BCUT2D eigenvalue weighted by atomic mass is 10.2. The molecule has 0 aliphatic carbocycles. The van der Waals surface area contributed by atoms with Gasteiger partial charge in [0.15, 0.2) is 0 Å². The third-order valence-electron chi connectivity index (χ3n) is 2.32. The van der Waals surface area contributed by atoms with Crippen molar-refractivity contribution < 1.29 is 14.3 Å². The molecule has 0 radical (unpaired) electrons. The molecule has 0 fully saturated rings. The molecule has 102 valence electrons. The van der Waals surface area contributed by atoms with Crippen molar-refractivity contribution in [2.45, 2.75) is 25.6 Å². The molecule has 1 unspecified atom stereocenters. The average Bonchev–Trinajstić information content (AvgIpc) is 2.65. The van der Waals surface area contributed by atoms with Gasteiger partial charge in [-0.3, -0.25) is 4.79 Å². The third-order valence-corrected chi connectivity index (χ3v) is 3.92. The van der Waals surface area contributed by atoms with Crippen LogP contribution in [0.25, 0.3) is 0 Å². The van der Waals surface area contributed by atoms with Crippen LogP contribution in [0.4, 0.5) is 5.00 Å². The molecule has 0 aliphatic heterocycles. The smallest absolute Gasteiger partial charge is 0.348 e. The van der Waals surface area contributed by atoms with E-state index in [0.717, 1.165) is 11.3 Å². The van der Waals surface area contributed by atoms with E-state index < -0.39 is 5.97 Å². The van der Waals surface area contributed by atoms with Crippen LogP contribution in [0.15, 0.2) is 0 Å². The molecule has 0 aromatic carbocycles. The molecule has 1 amide bonds. The molecule has 1 rings (SSSR count). The molecule has 1 atom stereocenters. The maximum Gasteiger partial charge on any atom is 0.348 e. The van der Waals surface area contributed by atoms with Crippen molar-refractivity contribution in [1.29, 1.82) is 5.26 Å². The van der Waals surface area contributed by atoms with Crippen LogP contribution in [0.1, 0.15) is 34.6 Å². The number of halogens is 1. The Bertz CT molecular complexity index is 546. The van der Waals surface area contributed by atoms with E-state index in [2.05, 4.69) is 21.2 Å². The van der Waals surface area contributed by atoms with Crippen molar-refractivity contribution in [3.63, 3.8) is 0 Å². The van der Waals surface area contributed by atoms with Crippen molar-refractivity contribution in [3.05, 3.63) is 16.0 Å². The second-order valence-corrected chi connectivity index (χ2v) is 6.09. The number of anilines is 1. The largest absolute Gasteiger partial charge is 0.462 e. The summed E-state index contributed by atoms with van der Waals surface area (Å²) in [6.07, 6.45) is 0. The van der Waals surface area contributed by atoms with E-state index in [-0.39, 0.29) is 17.3 Å². The fourth-order valence-electron chi connectivity index (χ4n) is 1.34. The second kappa shape index (κ2) is 6.68. The zero-order valence-electron chi connectivity index (χ0n) is 10.7. The van der Waals surface area contributed by atoms with Crippen LogP contribution >= 0.6 is 27.3 Å². The Hall–Kier alpha value is -1.39. The van der Waals surface area contributed by atoms with Gasteiger partial charge in [0.2, 0.25) is 5.91 Å². The maximum atomic E-state index is 11.7. The Kier molecular flexibility index (Phi) is 5.51. The van der Waals surface area contributed by atoms with Gasteiger partial charge in [0.05, 0.1) is 17.0 Å². The predicted octanol–water partition coefficient (Wildman–Crippen LogP) is 2.83. The monoisotopic (exact) mass is 344 g/mol. The van der Waals surface area contributed by atoms with Gasteiger partial charge in [-0.05, 0) is 26.3 Å². The topological polar surface area (TPSA) is 79.2 Å². The minimum atomic E-state index is -0.478. The number of nitriles is 1. The number of nitrogens with one attached hydrogen (secondary N) is 1. The minimum Gasteiger partial charge on any atom is -0.462 e. The molecule has 1 aromatic rings. The summed E-state index contributed by atoms with van der Waals surface area (Å²) in [6.45, 7) is 5.31. The lowest BCUT2D eigenvalue weighted by molar-refractivity contribution is -0.115. The summed E-state index contributed by atoms with van der Waals surface area (Å²) in [6, 6.07) is 2.00. The highest BCUT2D eigenvalue weighted by molar-refractivity contribution is 9.10. The Morgan fingerprint density at radius 3 is 2.68 bits per heavy atom. The van der Waals surface area contributed by atoms with E-state index in [9.17, 15) is 9.59 Å². The number of rotatable bonds is 4. The third kappa shape index (κ3) is 3.55. The van der Waals surface area contributed by atoms with E-state index in [1.807, 2.05) is 6.07 Å². The molecular weight excluding hydrogens is 332 g/mol. The standard InChI is InChI=1S/C12H13BrN2O3S/c1-4-18-12(17)9-6(2)8(5-14)11(19-9)15-10(16)7(3)13/h7H,4H2,1-3H3,(H,15,16). The number of ether oxygens (including phenoxy) is 1. The summed E-state index contributed by atoms with van der Waals surface area (Å²) in [5.41, 5.74) is 0.832. The van der Waals surface area contributed by atoms with Gasteiger partial charge in [-0.25, -0.2) is 4.79 Å². The highest BCUT2D eigenvalue weighted by atomic mass is 79.9. The lowest BCUT2D eigenvalue weighted by Crippen LogP contribution is -2.19. The van der Waals surface area contributed by atoms with Gasteiger partial charge in [-0.15, -0.1) is 11.3 Å². The number of hydrogen-bond acceptors (Lipinski definition) is 5. The molecule has 7 heteroatoms. The van der Waals surface area contributed by atoms with Crippen molar-refractivity contribution in [1.82, 2.24) is 0 Å². The number of thiophene rings is 1. The van der Waals surface area contributed by atoms with Gasteiger partial charge in [-0.1, -0.05) is 15.9 Å². The summed E-state index contributed by atoms with van der Waals surface area (Å²) in [5.74, 6) is -0.748. The van der Waals surface area contributed by atoms with Crippen LogP contribution in [0, 0.1) is 18.3 Å². The quantitative estimate of drug-likeness (QED) is 0.672. The zero-order valence-corrected chi connectivity index (χ0v) is 13.1. The molecular formula is C12H13BrN2O3S. The van der Waals surface area contributed by atoms with Crippen LogP contribution in [0.3, 0.4) is 0 Å². The fraction of sp³-hybridized carbons (Fsp3) is 0.417. The first-order valence-electron chi connectivity index (χ1n) is 5.57. The van der Waals surface area contributed by atoms with Crippen LogP contribution in [0.5, 0.6) is 0 Å². The first-order chi connectivity index (χ1) is 8.92. The van der Waals surface area contributed by atoms with E-state index in [4.69, 9.17) is 10.00 Å². The molecule has 0 saturated heterocycles. The molecule has 1 N–H and O–H groups in total. The Balaban J connectivity index is 3.13. The Labute approximate surface area is 123 Å². The number of amides is 1. The van der Waals surface area contributed by atoms with Gasteiger partial charge in [0.1, 0.15) is 15.9 Å². The van der Waals surface area contributed by atoms with E-state index in [0.29, 0.717) is 21.0 Å². The molecule has 0 bridgehead atoms. The summed E-state index contributed by atoms with van der Waals surface area (Å²) in [4.78, 5) is 23.3. The number of carbonyl (C=O) groups is 2. The molecule has 1 aromatic heterocycles. The predicted molar refractivity (Wildman–Crippen MR) is 76.7 cm³/mol. The van der Waals surface area contributed by atoms with Crippen molar-refractivity contribution in [2.75, 3.05) is 11.9 Å².